The van der Waals surface area contributed by atoms with E-state index in [2.05, 4.69) is 0 Å². The number of thiazole rings is 1. The zero-order valence-electron chi connectivity index (χ0n) is 11.6. The topological polar surface area (TPSA) is 71.9 Å². The molecule has 8 heteroatoms. The van der Waals surface area contributed by atoms with Crippen LogP contribution in [-0.2, 0) is 0 Å². The molecule has 118 valence electrons. The highest BCUT2D eigenvalue weighted by atomic mass is 35.5. The molecule has 0 amide bonds. The van der Waals surface area contributed by atoms with Gasteiger partial charge in [-0.3, -0.25) is 20.1 Å². The second kappa shape index (κ2) is 6.95. The van der Waals surface area contributed by atoms with E-state index in [9.17, 15) is 10.1 Å². The smallest absolute Gasteiger partial charge is 0.271 e. The minimum absolute atomic E-state index is 0. The van der Waals surface area contributed by atoms with Gasteiger partial charge in [-0.05, 0) is 23.8 Å². The Hall–Kier alpha value is -2.15. The molecule has 0 bridgehead atoms. The number of halogens is 2. The Morgan fingerprint density at radius 2 is 1.87 bits per heavy atom. The van der Waals surface area contributed by atoms with Crippen LogP contribution in [0.15, 0.2) is 53.9 Å². The fourth-order valence-corrected chi connectivity index (χ4v) is 3.05. The quantitative estimate of drug-likeness (QED) is 0.539. The number of nitrogens with one attached hydrogen (secondary N) is 1. The average molecular weight is 368 g/mol. The summed E-state index contributed by atoms with van der Waals surface area (Å²) < 4.78 is 1.68. The van der Waals surface area contributed by atoms with E-state index in [1.807, 2.05) is 17.5 Å². The first-order chi connectivity index (χ1) is 10.6. The van der Waals surface area contributed by atoms with E-state index >= 15 is 0 Å². The van der Waals surface area contributed by atoms with Crippen molar-refractivity contribution < 1.29 is 4.92 Å². The second-order valence-corrected chi connectivity index (χ2v) is 5.84. The molecular weight excluding hydrogens is 357 g/mol. The number of nitro groups is 1. The first kappa shape index (κ1) is 17.2. The Morgan fingerprint density at radius 3 is 2.52 bits per heavy atom. The first-order valence-electron chi connectivity index (χ1n) is 6.32. The standard InChI is InChI=1S/C15H10ClN3O2S.ClH/c16-11-6-4-10(5-7-11)14-9-22-15(17)18(14)12-2-1-3-13(8-12)19(20)21;/h1-9,17H;1H. The van der Waals surface area contributed by atoms with Crippen LogP contribution in [0.1, 0.15) is 0 Å². The number of hydrogen-bond acceptors (Lipinski definition) is 4. The third-order valence-electron chi connectivity index (χ3n) is 3.16. The van der Waals surface area contributed by atoms with Crippen molar-refractivity contribution >= 4 is 41.0 Å². The van der Waals surface area contributed by atoms with Gasteiger partial charge in [0.1, 0.15) is 0 Å². The van der Waals surface area contributed by atoms with Crippen molar-refractivity contribution in [3.63, 3.8) is 0 Å². The van der Waals surface area contributed by atoms with Crippen LogP contribution in [0.3, 0.4) is 0 Å². The molecule has 3 aromatic rings. The molecule has 2 aromatic carbocycles. The lowest BCUT2D eigenvalue weighted by Gasteiger charge is -2.09. The second-order valence-electron chi connectivity index (χ2n) is 4.55. The van der Waals surface area contributed by atoms with Gasteiger partial charge in [0.25, 0.3) is 5.69 Å². The average Bonchev–Trinajstić information content (AvgIpc) is 2.90. The van der Waals surface area contributed by atoms with Crippen LogP contribution in [0.4, 0.5) is 5.69 Å². The summed E-state index contributed by atoms with van der Waals surface area (Å²) in [6.45, 7) is 0. The van der Waals surface area contributed by atoms with Gasteiger partial charge in [0.15, 0.2) is 4.80 Å². The number of rotatable bonds is 3. The summed E-state index contributed by atoms with van der Waals surface area (Å²) in [5, 5.41) is 21.5. The van der Waals surface area contributed by atoms with Crippen LogP contribution in [0.2, 0.25) is 5.02 Å². The minimum atomic E-state index is -0.442. The Bertz CT molecular complexity index is 904. The summed E-state index contributed by atoms with van der Waals surface area (Å²) in [7, 11) is 0. The Balaban J connectivity index is 0.00000192. The molecule has 0 fully saturated rings. The molecule has 0 saturated heterocycles. The lowest BCUT2D eigenvalue weighted by atomic mass is 10.1. The predicted octanol–water partition coefficient (Wildman–Crippen LogP) is 4.67. The lowest BCUT2D eigenvalue weighted by molar-refractivity contribution is -0.384. The third-order valence-corrected chi connectivity index (χ3v) is 4.16. The lowest BCUT2D eigenvalue weighted by Crippen LogP contribution is -2.12. The van der Waals surface area contributed by atoms with Gasteiger partial charge >= 0.3 is 0 Å². The zero-order valence-corrected chi connectivity index (χ0v) is 14.0. The van der Waals surface area contributed by atoms with Gasteiger partial charge in [0.05, 0.1) is 16.3 Å². The molecule has 0 atom stereocenters. The first-order valence-corrected chi connectivity index (χ1v) is 7.58. The maximum atomic E-state index is 10.9. The molecule has 23 heavy (non-hydrogen) atoms. The molecule has 1 aromatic heterocycles. The van der Waals surface area contributed by atoms with Crippen LogP contribution in [0.25, 0.3) is 16.9 Å². The SMILES string of the molecule is Cl.N=c1scc(-c2ccc(Cl)cc2)n1-c1cccc([N+](=O)[O-])c1. The Labute approximate surface area is 146 Å². The fraction of sp³-hybridized carbons (Fsp3) is 0. The summed E-state index contributed by atoms with van der Waals surface area (Å²) in [5.41, 5.74) is 2.28. The molecule has 3 rings (SSSR count). The maximum Gasteiger partial charge on any atom is 0.271 e. The van der Waals surface area contributed by atoms with E-state index in [-0.39, 0.29) is 18.1 Å². The number of benzene rings is 2. The van der Waals surface area contributed by atoms with Crippen molar-refractivity contribution in [1.29, 1.82) is 5.41 Å². The molecule has 0 aliphatic heterocycles. The van der Waals surface area contributed by atoms with Crippen LogP contribution in [0, 0.1) is 15.5 Å². The summed E-state index contributed by atoms with van der Waals surface area (Å²) >= 11 is 7.17. The van der Waals surface area contributed by atoms with Crippen LogP contribution >= 0.6 is 35.3 Å². The highest BCUT2D eigenvalue weighted by Crippen LogP contribution is 2.26. The van der Waals surface area contributed by atoms with Crippen LogP contribution < -0.4 is 4.80 Å². The highest BCUT2D eigenvalue weighted by molar-refractivity contribution is 7.07. The molecule has 0 saturated carbocycles. The van der Waals surface area contributed by atoms with Crippen LogP contribution in [-0.4, -0.2) is 9.49 Å². The summed E-state index contributed by atoms with van der Waals surface area (Å²) in [4.78, 5) is 10.8. The van der Waals surface area contributed by atoms with Gasteiger partial charge in [0.2, 0.25) is 0 Å². The maximum absolute atomic E-state index is 10.9. The van der Waals surface area contributed by atoms with Gasteiger partial charge in [0, 0.05) is 22.5 Å². The number of non-ortho nitro benzene ring substituents is 1. The minimum Gasteiger partial charge on any atom is -0.285 e. The zero-order chi connectivity index (χ0) is 15.7. The van der Waals surface area contributed by atoms with Gasteiger partial charge in [-0.1, -0.05) is 29.8 Å². The van der Waals surface area contributed by atoms with Crippen molar-refractivity contribution in [3.8, 4) is 16.9 Å². The molecule has 5 nitrogen and oxygen atoms in total. The van der Waals surface area contributed by atoms with Crippen molar-refractivity contribution in [1.82, 2.24) is 4.57 Å². The van der Waals surface area contributed by atoms with Gasteiger partial charge in [-0.25, -0.2) is 0 Å². The highest BCUT2D eigenvalue weighted by Gasteiger charge is 2.12. The van der Waals surface area contributed by atoms with Crippen molar-refractivity contribution in [2.45, 2.75) is 0 Å². The summed E-state index contributed by atoms with van der Waals surface area (Å²) in [6, 6.07) is 13.5. The van der Waals surface area contributed by atoms with E-state index in [4.69, 9.17) is 17.0 Å². The molecule has 0 aliphatic carbocycles. The van der Waals surface area contributed by atoms with Gasteiger partial charge in [-0.2, -0.15) is 0 Å². The van der Waals surface area contributed by atoms with Crippen molar-refractivity contribution in [3.05, 3.63) is 73.8 Å². The van der Waals surface area contributed by atoms with E-state index < -0.39 is 4.92 Å². The van der Waals surface area contributed by atoms with Crippen LogP contribution in [0.5, 0.6) is 0 Å². The Kier molecular flexibility index (Phi) is 5.20. The molecule has 1 N–H and O–H groups in total. The largest absolute Gasteiger partial charge is 0.285 e. The molecule has 0 aliphatic rings. The number of nitrogens with zero attached hydrogens (tertiary/aromatic N) is 2. The van der Waals surface area contributed by atoms with Gasteiger partial charge < -0.3 is 0 Å². The predicted molar refractivity (Wildman–Crippen MR) is 93.8 cm³/mol. The summed E-state index contributed by atoms with van der Waals surface area (Å²) in [6.07, 6.45) is 0. The molecule has 0 radical (unpaired) electrons. The molecule has 0 unspecified atom stereocenters. The fourth-order valence-electron chi connectivity index (χ4n) is 2.15. The summed E-state index contributed by atoms with van der Waals surface area (Å²) in [5.74, 6) is 0. The molecule has 1 heterocycles. The van der Waals surface area contributed by atoms with E-state index in [1.165, 1.54) is 23.5 Å². The number of nitro benzene ring substituents is 1. The number of aromatic nitrogens is 1. The van der Waals surface area contributed by atoms with Crippen molar-refractivity contribution in [2.24, 2.45) is 0 Å². The normalized spacial score (nSPS) is 10.1. The molecular formula is C15H11Cl2N3O2S. The molecule has 0 spiro atoms. The number of hydrogen-bond donors (Lipinski definition) is 1. The Morgan fingerprint density at radius 1 is 1.17 bits per heavy atom. The van der Waals surface area contributed by atoms with E-state index in [0.29, 0.717) is 15.5 Å². The van der Waals surface area contributed by atoms with E-state index in [1.54, 1.807) is 28.8 Å². The van der Waals surface area contributed by atoms with Gasteiger partial charge in [-0.15, -0.1) is 23.7 Å². The van der Waals surface area contributed by atoms with E-state index in [0.717, 1.165) is 11.3 Å². The third kappa shape index (κ3) is 3.44. The van der Waals surface area contributed by atoms with Crippen molar-refractivity contribution in [2.75, 3.05) is 0 Å². The monoisotopic (exact) mass is 367 g/mol.